The predicted molar refractivity (Wildman–Crippen MR) is 113 cm³/mol. The molecule has 2 aromatic carbocycles. The number of methoxy groups -OCH3 is 3. The second-order valence-electron chi connectivity index (χ2n) is 7.09. The summed E-state index contributed by atoms with van der Waals surface area (Å²) >= 11 is 0. The van der Waals surface area contributed by atoms with Crippen LogP contribution in [0.2, 0.25) is 0 Å². The fourth-order valence-electron chi connectivity index (χ4n) is 3.75. The largest absolute Gasteiger partial charge is 0.493 e. The quantitative estimate of drug-likeness (QED) is 0.720. The number of ether oxygens (including phenoxy) is 3. The summed E-state index contributed by atoms with van der Waals surface area (Å²) in [5, 5.41) is 0. The molecule has 0 radical (unpaired) electrons. The zero-order valence-corrected chi connectivity index (χ0v) is 18.5. The first-order valence-corrected chi connectivity index (χ1v) is 10.9. The fourth-order valence-corrected chi connectivity index (χ4v) is 4.82. The van der Waals surface area contributed by atoms with Crippen LogP contribution >= 0.6 is 0 Å². The Balaban J connectivity index is 1.83. The highest BCUT2D eigenvalue weighted by Gasteiger charge is 2.30. The van der Waals surface area contributed by atoms with Gasteiger partial charge in [0.2, 0.25) is 21.7 Å². The number of carbonyl (C=O) groups is 1. The van der Waals surface area contributed by atoms with Gasteiger partial charge in [0.05, 0.1) is 26.2 Å². The molecule has 0 saturated heterocycles. The van der Waals surface area contributed by atoms with Crippen LogP contribution in [0.25, 0.3) is 0 Å². The van der Waals surface area contributed by atoms with Gasteiger partial charge in [0, 0.05) is 25.2 Å². The molecule has 0 saturated carbocycles. The van der Waals surface area contributed by atoms with Crippen LogP contribution in [0.4, 0.5) is 5.69 Å². The fraction of sp³-hybridized carbons (Fsp3) is 0.381. The number of nitrogens with zero attached hydrogens (tertiary/aromatic N) is 1. The molecule has 1 N–H and O–H groups in total. The van der Waals surface area contributed by atoms with Crippen molar-refractivity contribution in [1.82, 2.24) is 4.72 Å². The number of fused-ring (bicyclic) bond motifs is 1. The molecule has 9 heteroatoms. The second kappa shape index (κ2) is 8.53. The summed E-state index contributed by atoms with van der Waals surface area (Å²) in [5.74, 6) is 1.27. The lowest BCUT2D eigenvalue weighted by Gasteiger charge is -2.20. The molecule has 1 atom stereocenters. The SMILES string of the molecule is COc1cc(CNS(=O)(=O)c2ccc3c(c2)C[C@H](C)N3C(C)=O)cc(OC)c1OC. The van der Waals surface area contributed by atoms with Crippen LogP contribution in [0.3, 0.4) is 0 Å². The molecule has 1 amide bonds. The van der Waals surface area contributed by atoms with Gasteiger partial charge in [-0.2, -0.15) is 0 Å². The third kappa shape index (κ3) is 4.08. The van der Waals surface area contributed by atoms with E-state index >= 15 is 0 Å². The molecule has 0 aromatic heterocycles. The number of sulfonamides is 1. The molecule has 0 bridgehead atoms. The lowest BCUT2D eigenvalue weighted by Crippen LogP contribution is -2.33. The lowest BCUT2D eigenvalue weighted by molar-refractivity contribution is -0.116. The van der Waals surface area contributed by atoms with Crippen molar-refractivity contribution in [3.63, 3.8) is 0 Å². The number of carbonyl (C=O) groups excluding carboxylic acids is 1. The van der Waals surface area contributed by atoms with Crippen LogP contribution in [0, 0.1) is 0 Å². The van der Waals surface area contributed by atoms with Crippen molar-refractivity contribution in [3.05, 3.63) is 41.5 Å². The summed E-state index contributed by atoms with van der Waals surface area (Å²) < 4.78 is 44.2. The van der Waals surface area contributed by atoms with Crippen molar-refractivity contribution < 1.29 is 27.4 Å². The maximum absolute atomic E-state index is 12.9. The zero-order valence-electron chi connectivity index (χ0n) is 17.7. The molecule has 1 aliphatic rings. The third-order valence-corrected chi connectivity index (χ3v) is 6.51. The van der Waals surface area contributed by atoms with Crippen molar-refractivity contribution in [2.45, 2.75) is 37.8 Å². The number of amides is 1. The first-order chi connectivity index (χ1) is 14.2. The topological polar surface area (TPSA) is 94.2 Å². The highest BCUT2D eigenvalue weighted by Crippen LogP contribution is 2.38. The molecule has 1 heterocycles. The predicted octanol–water partition coefficient (Wildman–Crippen LogP) is 2.49. The van der Waals surface area contributed by atoms with Gasteiger partial charge in [-0.15, -0.1) is 0 Å². The Kier molecular flexibility index (Phi) is 6.23. The van der Waals surface area contributed by atoms with Gasteiger partial charge in [0.15, 0.2) is 11.5 Å². The normalized spacial score (nSPS) is 15.6. The summed E-state index contributed by atoms with van der Waals surface area (Å²) in [4.78, 5) is 13.7. The van der Waals surface area contributed by atoms with Gasteiger partial charge in [-0.05, 0) is 54.8 Å². The van der Waals surface area contributed by atoms with Crippen LogP contribution in [0.5, 0.6) is 17.2 Å². The molecule has 0 fully saturated rings. The highest BCUT2D eigenvalue weighted by atomic mass is 32.2. The van der Waals surface area contributed by atoms with Gasteiger partial charge < -0.3 is 19.1 Å². The van der Waals surface area contributed by atoms with Crippen molar-refractivity contribution in [3.8, 4) is 17.2 Å². The first-order valence-electron chi connectivity index (χ1n) is 9.43. The Hall–Kier alpha value is -2.78. The van der Waals surface area contributed by atoms with E-state index < -0.39 is 10.0 Å². The van der Waals surface area contributed by atoms with Gasteiger partial charge in [0.1, 0.15) is 0 Å². The van der Waals surface area contributed by atoms with Crippen LogP contribution in [0.15, 0.2) is 35.2 Å². The van der Waals surface area contributed by atoms with Crippen molar-refractivity contribution in [2.75, 3.05) is 26.2 Å². The van der Waals surface area contributed by atoms with Gasteiger partial charge in [0.25, 0.3) is 0 Å². The maximum Gasteiger partial charge on any atom is 0.240 e. The number of hydrogen-bond acceptors (Lipinski definition) is 6. The zero-order chi connectivity index (χ0) is 22.1. The summed E-state index contributed by atoms with van der Waals surface area (Å²) in [5.41, 5.74) is 2.26. The number of benzene rings is 2. The Bertz CT molecular complexity index is 1040. The number of nitrogens with one attached hydrogen (secondary N) is 1. The number of rotatable bonds is 7. The van der Waals surface area contributed by atoms with Crippen molar-refractivity contribution in [1.29, 1.82) is 0 Å². The van der Waals surface area contributed by atoms with Crippen LogP contribution in [-0.2, 0) is 27.8 Å². The molecular weight excluding hydrogens is 408 g/mol. The minimum atomic E-state index is -3.76. The summed E-state index contributed by atoms with van der Waals surface area (Å²) in [6.07, 6.45) is 0.616. The van der Waals surface area contributed by atoms with Gasteiger partial charge in [-0.3, -0.25) is 4.79 Å². The second-order valence-corrected chi connectivity index (χ2v) is 8.86. The molecule has 3 rings (SSSR count). The van der Waals surface area contributed by atoms with Gasteiger partial charge in [-0.25, -0.2) is 13.1 Å². The lowest BCUT2D eigenvalue weighted by atomic mass is 10.1. The van der Waals surface area contributed by atoms with E-state index in [4.69, 9.17) is 14.2 Å². The van der Waals surface area contributed by atoms with E-state index in [2.05, 4.69) is 4.72 Å². The van der Waals surface area contributed by atoms with Crippen LogP contribution in [0.1, 0.15) is 25.0 Å². The first kappa shape index (κ1) is 21.9. The monoisotopic (exact) mass is 434 g/mol. The maximum atomic E-state index is 12.9. The minimum absolute atomic E-state index is 0.00245. The summed E-state index contributed by atoms with van der Waals surface area (Å²) in [6.45, 7) is 3.50. The van der Waals surface area contributed by atoms with E-state index in [1.807, 2.05) is 6.92 Å². The summed E-state index contributed by atoms with van der Waals surface area (Å²) in [6, 6.07) is 8.23. The molecule has 0 spiro atoms. The molecule has 0 unspecified atom stereocenters. The van der Waals surface area contributed by atoms with E-state index in [1.54, 1.807) is 29.2 Å². The van der Waals surface area contributed by atoms with E-state index in [0.717, 1.165) is 11.3 Å². The Morgan fingerprint density at radius 2 is 1.73 bits per heavy atom. The van der Waals surface area contributed by atoms with Crippen molar-refractivity contribution >= 4 is 21.6 Å². The molecule has 1 aliphatic heterocycles. The van der Waals surface area contributed by atoms with E-state index in [-0.39, 0.29) is 23.4 Å². The van der Waals surface area contributed by atoms with Crippen molar-refractivity contribution in [2.24, 2.45) is 0 Å². The molecular formula is C21H26N2O6S. The van der Waals surface area contributed by atoms with Crippen LogP contribution < -0.4 is 23.8 Å². The standard InChI is InChI=1S/C21H26N2O6S/c1-13-8-16-11-17(6-7-18(16)23(13)14(2)24)30(25,26)22-12-15-9-19(27-3)21(29-5)20(10-15)28-4/h6-7,9-11,13,22H,8,12H2,1-5H3/t13-/m0/s1. The Morgan fingerprint density at radius 3 is 2.27 bits per heavy atom. The molecule has 162 valence electrons. The van der Waals surface area contributed by atoms with E-state index in [0.29, 0.717) is 29.2 Å². The van der Waals surface area contributed by atoms with E-state index in [9.17, 15) is 13.2 Å². The third-order valence-electron chi connectivity index (χ3n) is 5.11. The molecule has 2 aromatic rings. The molecule has 30 heavy (non-hydrogen) atoms. The smallest absolute Gasteiger partial charge is 0.240 e. The van der Waals surface area contributed by atoms with E-state index in [1.165, 1.54) is 34.3 Å². The average Bonchev–Trinajstić information content (AvgIpc) is 3.06. The minimum Gasteiger partial charge on any atom is -0.493 e. The van der Waals surface area contributed by atoms with Gasteiger partial charge >= 0.3 is 0 Å². The Morgan fingerprint density at radius 1 is 1.10 bits per heavy atom. The number of anilines is 1. The molecule has 8 nitrogen and oxygen atoms in total. The van der Waals surface area contributed by atoms with Gasteiger partial charge in [-0.1, -0.05) is 0 Å². The molecule has 0 aliphatic carbocycles. The van der Waals surface area contributed by atoms with Crippen LogP contribution in [-0.4, -0.2) is 41.7 Å². The highest BCUT2D eigenvalue weighted by molar-refractivity contribution is 7.89. The summed E-state index contributed by atoms with van der Waals surface area (Å²) in [7, 11) is 0.750. The average molecular weight is 435 g/mol. The Labute approximate surface area is 176 Å². The number of hydrogen-bond donors (Lipinski definition) is 1.